The van der Waals surface area contributed by atoms with E-state index in [2.05, 4.69) is 67.7 Å². The summed E-state index contributed by atoms with van der Waals surface area (Å²) in [5.41, 5.74) is 17.7. The van der Waals surface area contributed by atoms with E-state index in [0.29, 0.717) is 6.54 Å². The average Bonchev–Trinajstić information content (AvgIpc) is 2.52. The molecule has 0 fully saturated rings. The number of benzene rings is 2. The monoisotopic (exact) mass is 297 g/mol. The Kier molecular flexibility index (Phi) is 7.33. The predicted molar refractivity (Wildman–Crippen MR) is 98.4 cm³/mol. The van der Waals surface area contributed by atoms with Crippen molar-refractivity contribution in [2.24, 2.45) is 10.7 Å². The van der Waals surface area contributed by atoms with Crippen LogP contribution in [-0.4, -0.2) is 13.8 Å². The molecule has 2 aromatic rings. The number of hydrogen-bond acceptors (Lipinski definition) is 3. The highest BCUT2D eigenvalue weighted by Crippen LogP contribution is 2.34. The van der Waals surface area contributed by atoms with Crippen molar-refractivity contribution in [2.45, 2.75) is 33.2 Å². The molecular weight excluding hydrogens is 270 g/mol. The largest absolute Gasteiger partial charge is 0.398 e. The van der Waals surface area contributed by atoms with Crippen molar-refractivity contribution in [1.29, 1.82) is 0 Å². The van der Waals surface area contributed by atoms with Gasteiger partial charge in [0.15, 0.2) is 0 Å². The Morgan fingerprint density at radius 1 is 1.09 bits per heavy atom. The summed E-state index contributed by atoms with van der Waals surface area (Å²) >= 11 is 0. The third kappa shape index (κ3) is 4.18. The van der Waals surface area contributed by atoms with Crippen molar-refractivity contribution in [2.75, 3.05) is 12.8 Å². The maximum atomic E-state index is 6.39. The molecule has 2 aromatic carbocycles. The Hall–Kier alpha value is -2.13. The SMILES string of the molecule is C=NCc1ccc(CCC)c(-c2cccc(C)c2)c1N.CN. The molecule has 0 aliphatic heterocycles. The van der Waals surface area contributed by atoms with Gasteiger partial charge < -0.3 is 11.5 Å². The summed E-state index contributed by atoms with van der Waals surface area (Å²) in [7, 11) is 1.50. The molecule has 0 spiro atoms. The van der Waals surface area contributed by atoms with E-state index >= 15 is 0 Å². The Morgan fingerprint density at radius 2 is 1.77 bits per heavy atom. The summed E-state index contributed by atoms with van der Waals surface area (Å²) in [5, 5.41) is 0. The lowest BCUT2D eigenvalue weighted by Crippen LogP contribution is -2.01. The van der Waals surface area contributed by atoms with E-state index in [1.165, 1.54) is 23.7 Å². The first-order valence-electron chi connectivity index (χ1n) is 7.64. The minimum Gasteiger partial charge on any atom is -0.398 e. The number of nitrogen functional groups attached to an aromatic ring is 1. The predicted octanol–water partition coefficient (Wildman–Crippen LogP) is 3.97. The zero-order chi connectivity index (χ0) is 16.5. The maximum absolute atomic E-state index is 6.39. The highest BCUT2D eigenvalue weighted by Gasteiger charge is 2.12. The summed E-state index contributed by atoms with van der Waals surface area (Å²) in [6, 6.07) is 12.8. The molecule has 0 saturated carbocycles. The number of rotatable bonds is 5. The van der Waals surface area contributed by atoms with Gasteiger partial charge in [-0.2, -0.15) is 0 Å². The Morgan fingerprint density at radius 3 is 2.36 bits per heavy atom. The fourth-order valence-electron chi connectivity index (χ4n) is 2.59. The van der Waals surface area contributed by atoms with Crippen LogP contribution >= 0.6 is 0 Å². The van der Waals surface area contributed by atoms with E-state index < -0.39 is 0 Å². The minimum absolute atomic E-state index is 0.567. The fraction of sp³-hybridized carbons (Fsp3) is 0.316. The lowest BCUT2D eigenvalue weighted by Gasteiger charge is -2.16. The van der Waals surface area contributed by atoms with Crippen LogP contribution in [0.15, 0.2) is 41.4 Å². The van der Waals surface area contributed by atoms with Crippen molar-refractivity contribution < 1.29 is 0 Å². The van der Waals surface area contributed by atoms with E-state index in [1.54, 1.807) is 0 Å². The zero-order valence-corrected chi connectivity index (χ0v) is 13.9. The van der Waals surface area contributed by atoms with Crippen LogP contribution in [0.1, 0.15) is 30.0 Å². The Labute approximate surface area is 134 Å². The normalized spacial score (nSPS) is 9.82. The molecule has 0 atom stereocenters. The number of nitrogens with two attached hydrogens (primary N) is 2. The molecule has 2 rings (SSSR count). The first-order chi connectivity index (χ1) is 10.7. The molecule has 0 aliphatic rings. The van der Waals surface area contributed by atoms with Gasteiger partial charge in [-0.3, -0.25) is 4.99 Å². The molecule has 0 amide bonds. The van der Waals surface area contributed by atoms with Gasteiger partial charge in [0.2, 0.25) is 0 Å². The first-order valence-corrected chi connectivity index (χ1v) is 7.64. The highest BCUT2D eigenvalue weighted by atomic mass is 14.7. The second-order valence-electron chi connectivity index (χ2n) is 5.17. The molecule has 118 valence electrons. The van der Waals surface area contributed by atoms with Gasteiger partial charge in [0, 0.05) is 11.3 Å². The molecule has 0 unspecified atom stereocenters. The van der Waals surface area contributed by atoms with Crippen molar-refractivity contribution in [3.8, 4) is 11.1 Å². The van der Waals surface area contributed by atoms with Crippen LogP contribution in [0.5, 0.6) is 0 Å². The lowest BCUT2D eigenvalue weighted by molar-refractivity contribution is 0.922. The van der Waals surface area contributed by atoms with Gasteiger partial charge in [0.05, 0.1) is 6.54 Å². The maximum Gasteiger partial charge on any atom is 0.0652 e. The number of aliphatic imine (C=N–C) groups is 1. The number of anilines is 1. The lowest BCUT2D eigenvalue weighted by atomic mass is 9.92. The van der Waals surface area contributed by atoms with Gasteiger partial charge in [0.25, 0.3) is 0 Å². The molecule has 4 N–H and O–H groups in total. The van der Waals surface area contributed by atoms with E-state index in [1.807, 2.05) is 0 Å². The quantitative estimate of drug-likeness (QED) is 0.648. The van der Waals surface area contributed by atoms with Gasteiger partial charge >= 0.3 is 0 Å². The average molecular weight is 297 g/mol. The second kappa shape index (κ2) is 9.00. The molecule has 0 aliphatic carbocycles. The van der Waals surface area contributed by atoms with Crippen LogP contribution in [-0.2, 0) is 13.0 Å². The third-order valence-corrected chi connectivity index (χ3v) is 3.53. The molecule has 0 radical (unpaired) electrons. The van der Waals surface area contributed by atoms with Crippen LogP contribution in [0.3, 0.4) is 0 Å². The van der Waals surface area contributed by atoms with Crippen LogP contribution in [0.25, 0.3) is 11.1 Å². The molecule has 0 bridgehead atoms. The number of nitrogens with zero attached hydrogens (tertiary/aromatic N) is 1. The van der Waals surface area contributed by atoms with Gasteiger partial charge in [0.1, 0.15) is 0 Å². The van der Waals surface area contributed by atoms with Gasteiger partial charge in [-0.1, -0.05) is 55.3 Å². The summed E-state index contributed by atoms with van der Waals surface area (Å²) in [6.45, 7) is 8.43. The topological polar surface area (TPSA) is 64.4 Å². The summed E-state index contributed by atoms with van der Waals surface area (Å²) in [4.78, 5) is 3.96. The molecule has 0 heterocycles. The molecular formula is C19H27N3. The zero-order valence-electron chi connectivity index (χ0n) is 13.9. The van der Waals surface area contributed by atoms with Crippen molar-refractivity contribution in [3.05, 3.63) is 53.1 Å². The Balaban J connectivity index is 0.00000116. The van der Waals surface area contributed by atoms with Crippen LogP contribution in [0.2, 0.25) is 0 Å². The van der Waals surface area contributed by atoms with Crippen LogP contribution in [0, 0.1) is 6.92 Å². The van der Waals surface area contributed by atoms with E-state index in [0.717, 1.165) is 29.7 Å². The molecule has 0 aromatic heterocycles. The first kappa shape index (κ1) is 17.9. The number of hydrogen-bond donors (Lipinski definition) is 2. The van der Waals surface area contributed by atoms with E-state index in [4.69, 9.17) is 5.73 Å². The molecule has 3 nitrogen and oxygen atoms in total. The van der Waals surface area contributed by atoms with Crippen molar-refractivity contribution >= 4 is 12.4 Å². The van der Waals surface area contributed by atoms with Crippen molar-refractivity contribution in [1.82, 2.24) is 0 Å². The van der Waals surface area contributed by atoms with Crippen LogP contribution in [0.4, 0.5) is 5.69 Å². The Bertz CT molecular complexity index is 618. The van der Waals surface area contributed by atoms with E-state index in [-0.39, 0.29) is 0 Å². The van der Waals surface area contributed by atoms with Gasteiger partial charge in [-0.15, -0.1) is 0 Å². The standard InChI is InChI=1S/C18H22N2.CH5N/c1-4-6-14-9-10-16(12-20-3)18(19)17(14)15-8-5-7-13(2)11-15;1-2/h5,7-11H,3-4,6,12,19H2,1-2H3;2H2,1H3. The second-order valence-corrected chi connectivity index (χ2v) is 5.17. The molecule has 0 saturated heterocycles. The highest BCUT2D eigenvalue weighted by molar-refractivity contribution is 5.82. The van der Waals surface area contributed by atoms with Gasteiger partial charge in [-0.05, 0) is 43.8 Å². The molecule has 22 heavy (non-hydrogen) atoms. The van der Waals surface area contributed by atoms with Crippen molar-refractivity contribution in [3.63, 3.8) is 0 Å². The number of aryl methyl sites for hydroxylation is 2. The third-order valence-electron chi connectivity index (χ3n) is 3.53. The fourth-order valence-corrected chi connectivity index (χ4v) is 2.59. The van der Waals surface area contributed by atoms with Gasteiger partial charge in [-0.25, -0.2) is 0 Å². The summed E-state index contributed by atoms with van der Waals surface area (Å²) in [6.07, 6.45) is 2.15. The van der Waals surface area contributed by atoms with Crippen LogP contribution < -0.4 is 11.5 Å². The smallest absolute Gasteiger partial charge is 0.0652 e. The summed E-state index contributed by atoms with van der Waals surface area (Å²) in [5.74, 6) is 0. The van der Waals surface area contributed by atoms with E-state index in [9.17, 15) is 0 Å². The minimum atomic E-state index is 0.567. The summed E-state index contributed by atoms with van der Waals surface area (Å²) < 4.78 is 0. The molecule has 3 heteroatoms.